The highest BCUT2D eigenvalue weighted by atomic mass is 32.2. The van der Waals surface area contributed by atoms with Gasteiger partial charge in [0.1, 0.15) is 0 Å². The van der Waals surface area contributed by atoms with E-state index in [1.54, 1.807) is 4.68 Å². The number of nitrogens with zero attached hydrogens (tertiary/aromatic N) is 4. The van der Waals surface area contributed by atoms with Gasteiger partial charge in [-0.2, -0.15) is 4.68 Å². The van der Waals surface area contributed by atoms with Crippen LogP contribution in [0.5, 0.6) is 0 Å². The van der Waals surface area contributed by atoms with Crippen LogP contribution in [0.15, 0.2) is 47.6 Å². The van der Waals surface area contributed by atoms with E-state index in [-0.39, 0.29) is 18.1 Å². The van der Waals surface area contributed by atoms with Crippen LogP contribution in [0.2, 0.25) is 0 Å². The molecule has 0 bridgehead atoms. The van der Waals surface area contributed by atoms with Gasteiger partial charge in [0.05, 0.1) is 11.4 Å². The monoisotopic (exact) mass is 464 g/mol. The van der Waals surface area contributed by atoms with Gasteiger partial charge in [0.2, 0.25) is 5.16 Å². The molecular formula is C25H28N4O3S. The van der Waals surface area contributed by atoms with E-state index in [4.69, 9.17) is 4.74 Å². The van der Waals surface area contributed by atoms with Crippen molar-refractivity contribution in [1.82, 2.24) is 20.2 Å². The highest BCUT2D eigenvalue weighted by molar-refractivity contribution is 7.99. The van der Waals surface area contributed by atoms with Gasteiger partial charge >= 0.3 is 5.97 Å². The topological polar surface area (TPSA) is 87.0 Å². The lowest BCUT2D eigenvalue weighted by Crippen LogP contribution is -2.16. The van der Waals surface area contributed by atoms with Crippen molar-refractivity contribution >= 4 is 23.5 Å². The summed E-state index contributed by atoms with van der Waals surface area (Å²) in [5, 5.41) is 12.3. The van der Waals surface area contributed by atoms with E-state index < -0.39 is 5.97 Å². The Bertz CT molecular complexity index is 1120. The number of benzene rings is 2. The van der Waals surface area contributed by atoms with Crippen LogP contribution < -0.4 is 0 Å². The number of carbonyl (C=O) groups is 2. The third-order valence-corrected chi connectivity index (χ3v) is 6.92. The summed E-state index contributed by atoms with van der Waals surface area (Å²) in [6, 6.07) is 13.8. The fraction of sp³-hybridized carbons (Fsp3) is 0.400. The summed E-state index contributed by atoms with van der Waals surface area (Å²) in [7, 11) is 0. The van der Waals surface area contributed by atoms with Crippen molar-refractivity contribution in [1.29, 1.82) is 0 Å². The first-order chi connectivity index (χ1) is 16.0. The molecule has 0 saturated heterocycles. The average Bonchev–Trinajstić information content (AvgIpc) is 3.32. The molecule has 7 nitrogen and oxygen atoms in total. The number of hydrogen-bond donors (Lipinski definition) is 0. The van der Waals surface area contributed by atoms with Crippen molar-refractivity contribution < 1.29 is 14.3 Å². The lowest BCUT2D eigenvalue weighted by molar-refractivity contribution is -0.139. The number of rotatable bonds is 8. The van der Waals surface area contributed by atoms with Gasteiger partial charge in [-0.15, -0.1) is 5.10 Å². The molecule has 33 heavy (non-hydrogen) atoms. The van der Waals surface area contributed by atoms with Crippen LogP contribution in [-0.4, -0.2) is 44.3 Å². The third kappa shape index (κ3) is 5.87. The minimum Gasteiger partial charge on any atom is -0.457 e. The summed E-state index contributed by atoms with van der Waals surface area (Å²) >= 11 is 1.18. The number of carbonyl (C=O) groups excluding carboxylic acids is 2. The Labute approximate surface area is 197 Å². The Morgan fingerprint density at radius 1 is 1.06 bits per heavy atom. The molecule has 4 rings (SSSR count). The van der Waals surface area contributed by atoms with Gasteiger partial charge in [-0.1, -0.05) is 67.4 Å². The van der Waals surface area contributed by atoms with Gasteiger partial charge in [0, 0.05) is 5.56 Å². The quantitative estimate of drug-likeness (QED) is 0.268. The van der Waals surface area contributed by atoms with Crippen LogP contribution in [0.1, 0.15) is 65.1 Å². The predicted molar refractivity (Wildman–Crippen MR) is 127 cm³/mol. The van der Waals surface area contributed by atoms with E-state index in [9.17, 15) is 9.59 Å². The Balaban J connectivity index is 1.28. The zero-order valence-electron chi connectivity index (χ0n) is 19.0. The van der Waals surface area contributed by atoms with Crippen molar-refractivity contribution in [2.75, 3.05) is 12.4 Å². The maximum atomic E-state index is 12.5. The third-order valence-electron chi connectivity index (χ3n) is 6.03. The van der Waals surface area contributed by atoms with Gasteiger partial charge in [-0.3, -0.25) is 9.59 Å². The van der Waals surface area contributed by atoms with Gasteiger partial charge in [-0.25, -0.2) is 0 Å². The standard InChI is InChI=1S/C25H28N4O3S/c1-17-8-9-18(2)22(14-17)29-25(26-27-28-29)33-16-24(31)32-15-23(30)21-12-10-20(11-13-21)19-6-4-3-5-7-19/h8-14,19H,3-7,15-16H2,1-2H3. The minimum atomic E-state index is -0.484. The molecule has 1 aromatic heterocycles. The fourth-order valence-corrected chi connectivity index (χ4v) is 4.82. The van der Waals surface area contributed by atoms with Crippen molar-refractivity contribution in [2.24, 2.45) is 0 Å². The summed E-state index contributed by atoms with van der Waals surface area (Å²) in [6.45, 7) is 3.70. The molecule has 172 valence electrons. The molecule has 1 saturated carbocycles. The van der Waals surface area contributed by atoms with E-state index in [1.165, 1.54) is 49.4 Å². The molecule has 1 aliphatic carbocycles. The highest BCUT2D eigenvalue weighted by Gasteiger charge is 2.17. The van der Waals surface area contributed by atoms with E-state index in [0.29, 0.717) is 16.6 Å². The summed E-state index contributed by atoms with van der Waals surface area (Å²) < 4.78 is 6.81. The number of ether oxygens (including phenoxy) is 1. The number of Topliss-reactive ketones (excluding diaryl/α,β-unsaturated/α-hetero) is 1. The molecule has 0 spiro atoms. The molecular weight excluding hydrogens is 436 g/mol. The molecule has 1 fully saturated rings. The minimum absolute atomic E-state index is 0.0130. The maximum absolute atomic E-state index is 12.5. The molecule has 8 heteroatoms. The van der Waals surface area contributed by atoms with E-state index in [2.05, 4.69) is 15.5 Å². The van der Waals surface area contributed by atoms with Crippen molar-refractivity contribution in [3.8, 4) is 5.69 Å². The number of esters is 1. The zero-order chi connectivity index (χ0) is 23.2. The first kappa shape index (κ1) is 23.2. The van der Waals surface area contributed by atoms with Crippen LogP contribution in [0, 0.1) is 13.8 Å². The molecule has 0 amide bonds. The predicted octanol–water partition coefficient (Wildman–Crippen LogP) is 4.85. The molecule has 1 heterocycles. The Hall–Kier alpha value is -3.00. The van der Waals surface area contributed by atoms with Crippen molar-refractivity contribution in [3.63, 3.8) is 0 Å². The number of ketones is 1. The smallest absolute Gasteiger partial charge is 0.316 e. The zero-order valence-corrected chi connectivity index (χ0v) is 19.8. The molecule has 0 aliphatic heterocycles. The van der Waals surface area contributed by atoms with E-state index >= 15 is 0 Å². The van der Waals surface area contributed by atoms with Gasteiger partial charge in [0.15, 0.2) is 12.4 Å². The second-order valence-electron chi connectivity index (χ2n) is 8.49. The van der Waals surface area contributed by atoms with Gasteiger partial charge in [-0.05, 0) is 65.8 Å². The number of thioether (sulfide) groups is 1. The number of aryl methyl sites for hydroxylation is 2. The Morgan fingerprint density at radius 2 is 1.82 bits per heavy atom. The number of aromatic nitrogens is 4. The van der Waals surface area contributed by atoms with Gasteiger partial charge in [0.25, 0.3) is 0 Å². The largest absolute Gasteiger partial charge is 0.457 e. The fourth-order valence-electron chi connectivity index (χ4n) is 4.14. The Morgan fingerprint density at radius 3 is 2.58 bits per heavy atom. The summed E-state index contributed by atoms with van der Waals surface area (Å²) in [5.41, 5.74) is 4.84. The van der Waals surface area contributed by atoms with Crippen LogP contribution in [0.25, 0.3) is 5.69 Å². The number of hydrogen-bond acceptors (Lipinski definition) is 7. The molecule has 2 aromatic carbocycles. The summed E-state index contributed by atoms with van der Waals surface area (Å²) in [5.74, 6) is -0.0802. The molecule has 0 unspecified atom stereocenters. The lowest BCUT2D eigenvalue weighted by atomic mass is 9.84. The maximum Gasteiger partial charge on any atom is 0.316 e. The first-order valence-corrected chi connectivity index (χ1v) is 12.3. The average molecular weight is 465 g/mol. The van der Waals surface area contributed by atoms with Crippen molar-refractivity contribution in [3.05, 3.63) is 64.7 Å². The van der Waals surface area contributed by atoms with E-state index in [1.807, 2.05) is 56.3 Å². The second kappa shape index (κ2) is 10.7. The lowest BCUT2D eigenvalue weighted by Gasteiger charge is -2.22. The summed E-state index contributed by atoms with van der Waals surface area (Å²) in [6.07, 6.45) is 6.30. The van der Waals surface area contributed by atoms with Crippen LogP contribution >= 0.6 is 11.8 Å². The van der Waals surface area contributed by atoms with Crippen molar-refractivity contribution in [2.45, 2.75) is 57.0 Å². The van der Waals surface area contributed by atoms with Crippen LogP contribution in [0.3, 0.4) is 0 Å². The first-order valence-electron chi connectivity index (χ1n) is 11.3. The van der Waals surface area contributed by atoms with Crippen LogP contribution in [0.4, 0.5) is 0 Å². The normalized spacial score (nSPS) is 14.2. The van der Waals surface area contributed by atoms with Gasteiger partial charge < -0.3 is 4.74 Å². The van der Waals surface area contributed by atoms with E-state index in [0.717, 1.165) is 16.8 Å². The highest BCUT2D eigenvalue weighted by Crippen LogP contribution is 2.32. The number of tetrazole rings is 1. The Kier molecular flexibility index (Phi) is 7.54. The second-order valence-corrected chi connectivity index (χ2v) is 9.44. The molecule has 3 aromatic rings. The SMILES string of the molecule is Cc1ccc(C)c(-n2nnnc2SCC(=O)OCC(=O)c2ccc(C3CCCCC3)cc2)c1. The van der Waals surface area contributed by atoms with Crippen LogP contribution in [-0.2, 0) is 9.53 Å². The molecule has 0 radical (unpaired) electrons. The molecule has 1 aliphatic rings. The summed E-state index contributed by atoms with van der Waals surface area (Å²) in [4.78, 5) is 24.7. The molecule has 0 atom stereocenters. The molecule has 0 N–H and O–H groups in total.